The number of benzene rings is 2. The smallest absolute Gasteiger partial charge is 0.145 e. The second-order valence-corrected chi connectivity index (χ2v) is 6.99. The number of aromatic amines is 1. The molecule has 4 aromatic rings. The fourth-order valence-electron chi connectivity index (χ4n) is 3.83. The molecule has 4 nitrogen and oxygen atoms in total. The molecular weight excluding hydrogens is 334 g/mol. The van der Waals surface area contributed by atoms with Crippen molar-refractivity contribution in [3.05, 3.63) is 59.8 Å². The molecule has 0 radical (unpaired) electrons. The number of nitrogens with two attached hydrogens (primary N) is 1. The summed E-state index contributed by atoms with van der Waals surface area (Å²) in [6.45, 7) is 2.87. The van der Waals surface area contributed by atoms with Crippen molar-refractivity contribution in [3.63, 3.8) is 0 Å². The molecule has 0 aliphatic rings. The number of methoxy groups -OCH3 is 1. The van der Waals surface area contributed by atoms with Gasteiger partial charge in [0.05, 0.1) is 12.8 Å². The molecule has 2 heterocycles. The normalized spacial score (nSPS) is 11.4. The zero-order valence-electron chi connectivity index (χ0n) is 15.9. The number of unbranched alkanes of at least 4 members (excludes halogenated alkanes) is 1. The lowest BCUT2D eigenvalue weighted by Crippen LogP contribution is -1.99. The van der Waals surface area contributed by atoms with E-state index >= 15 is 0 Å². The molecule has 0 spiro atoms. The van der Waals surface area contributed by atoms with E-state index in [1.165, 1.54) is 27.7 Å². The van der Waals surface area contributed by atoms with Crippen molar-refractivity contribution in [2.75, 3.05) is 13.7 Å². The van der Waals surface area contributed by atoms with Gasteiger partial charge in [-0.1, -0.05) is 17.7 Å². The number of H-pyrrole nitrogens is 1. The van der Waals surface area contributed by atoms with E-state index in [0.717, 1.165) is 48.0 Å². The molecule has 4 heteroatoms. The van der Waals surface area contributed by atoms with E-state index in [1.807, 2.05) is 18.3 Å². The predicted octanol–water partition coefficient (Wildman–Crippen LogP) is 4.98. The zero-order valence-corrected chi connectivity index (χ0v) is 15.9. The molecule has 2 aromatic carbocycles. The quantitative estimate of drug-likeness (QED) is 0.477. The molecule has 0 atom stereocenters. The minimum absolute atomic E-state index is 0.728. The van der Waals surface area contributed by atoms with Crippen LogP contribution in [0.4, 0.5) is 0 Å². The lowest BCUT2D eigenvalue weighted by atomic mass is 9.97. The van der Waals surface area contributed by atoms with Crippen molar-refractivity contribution >= 4 is 21.8 Å². The average molecular weight is 359 g/mol. The first kappa shape index (κ1) is 17.6. The minimum Gasteiger partial charge on any atom is -0.494 e. The van der Waals surface area contributed by atoms with Crippen LogP contribution in [-0.2, 0) is 6.42 Å². The van der Waals surface area contributed by atoms with Gasteiger partial charge in [-0.15, -0.1) is 0 Å². The van der Waals surface area contributed by atoms with Crippen LogP contribution in [0, 0.1) is 6.92 Å². The van der Waals surface area contributed by atoms with Gasteiger partial charge in [-0.05, 0) is 68.6 Å². The predicted molar refractivity (Wildman–Crippen MR) is 112 cm³/mol. The van der Waals surface area contributed by atoms with Gasteiger partial charge in [0.1, 0.15) is 11.3 Å². The van der Waals surface area contributed by atoms with Crippen molar-refractivity contribution in [2.24, 2.45) is 5.73 Å². The SMILES string of the molecule is COc1ccc(-c2[nH]c3ccc(C)cc3c2CCCCN)c2cccnc12. The molecule has 3 N–H and O–H groups in total. The molecule has 0 saturated carbocycles. The van der Waals surface area contributed by atoms with Crippen LogP contribution in [-0.4, -0.2) is 23.6 Å². The maximum absolute atomic E-state index is 5.73. The summed E-state index contributed by atoms with van der Waals surface area (Å²) in [5.41, 5.74) is 12.8. The highest BCUT2D eigenvalue weighted by molar-refractivity contribution is 6.01. The molecule has 138 valence electrons. The maximum atomic E-state index is 5.73. The highest BCUT2D eigenvalue weighted by atomic mass is 16.5. The highest BCUT2D eigenvalue weighted by Gasteiger charge is 2.17. The number of fused-ring (bicyclic) bond motifs is 2. The lowest BCUT2D eigenvalue weighted by Gasteiger charge is -2.11. The van der Waals surface area contributed by atoms with E-state index in [1.54, 1.807) is 7.11 Å². The van der Waals surface area contributed by atoms with E-state index in [4.69, 9.17) is 10.5 Å². The van der Waals surface area contributed by atoms with Crippen LogP contribution in [0.25, 0.3) is 33.1 Å². The number of aryl methyl sites for hydroxylation is 2. The first-order chi connectivity index (χ1) is 13.2. The summed E-state index contributed by atoms with van der Waals surface area (Å²) in [4.78, 5) is 8.22. The molecule has 0 aliphatic heterocycles. The Morgan fingerprint density at radius 1 is 1.07 bits per heavy atom. The number of nitrogens with one attached hydrogen (secondary N) is 1. The fourth-order valence-corrected chi connectivity index (χ4v) is 3.83. The summed E-state index contributed by atoms with van der Waals surface area (Å²) < 4.78 is 5.52. The summed E-state index contributed by atoms with van der Waals surface area (Å²) in [5.74, 6) is 0.797. The standard InChI is InChI=1S/C23H25N3O/c1-15-8-10-20-19(14-15)17(6-3-4-12-24)22(26-20)18-9-11-21(27-2)23-16(18)7-5-13-25-23/h5,7-11,13-14,26H,3-4,6,12,24H2,1-2H3. The van der Waals surface area contributed by atoms with Crippen molar-refractivity contribution < 1.29 is 4.74 Å². The van der Waals surface area contributed by atoms with Gasteiger partial charge in [-0.2, -0.15) is 0 Å². The third kappa shape index (κ3) is 3.17. The number of rotatable bonds is 6. The second kappa shape index (κ2) is 7.41. The van der Waals surface area contributed by atoms with E-state index in [0.29, 0.717) is 0 Å². The number of ether oxygens (including phenoxy) is 1. The van der Waals surface area contributed by atoms with Crippen molar-refractivity contribution in [3.8, 4) is 17.0 Å². The van der Waals surface area contributed by atoms with E-state index in [-0.39, 0.29) is 0 Å². The Morgan fingerprint density at radius 2 is 1.96 bits per heavy atom. The first-order valence-electron chi connectivity index (χ1n) is 9.46. The van der Waals surface area contributed by atoms with Gasteiger partial charge >= 0.3 is 0 Å². The van der Waals surface area contributed by atoms with Crippen LogP contribution in [0.3, 0.4) is 0 Å². The van der Waals surface area contributed by atoms with Crippen LogP contribution < -0.4 is 10.5 Å². The van der Waals surface area contributed by atoms with Gasteiger partial charge in [-0.3, -0.25) is 4.98 Å². The van der Waals surface area contributed by atoms with E-state index in [2.05, 4.69) is 47.2 Å². The molecule has 2 aromatic heterocycles. The minimum atomic E-state index is 0.728. The Morgan fingerprint density at radius 3 is 2.78 bits per heavy atom. The maximum Gasteiger partial charge on any atom is 0.145 e. The third-order valence-corrected chi connectivity index (χ3v) is 5.16. The number of hydrogen-bond acceptors (Lipinski definition) is 3. The Bertz CT molecular complexity index is 1100. The van der Waals surface area contributed by atoms with Gasteiger partial charge in [0.15, 0.2) is 0 Å². The van der Waals surface area contributed by atoms with Gasteiger partial charge in [0, 0.05) is 28.0 Å². The zero-order chi connectivity index (χ0) is 18.8. The van der Waals surface area contributed by atoms with Gasteiger partial charge < -0.3 is 15.5 Å². The Hall–Kier alpha value is -2.85. The Labute approximate surface area is 159 Å². The van der Waals surface area contributed by atoms with Gasteiger partial charge in [-0.25, -0.2) is 0 Å². The number of aromatic nitrogens is 2. The topological polar surface area (TPSA) is 63.9 Å². The summed E-state index contributed by atoms with van der Waals surface area (Å²) in [5, 5.41) is 2.40. The molecule has 0 bridgehead atoms. The van der Waals surface area contributed by atoms with E-state index in [9.17, 15) is 0 Å². The van der Waals surface area contributed by atoms with Crippen LogP contribution in [0.1, 0.15) is 24.0 Å². The van der Waals surface area contributed by atoms with E-state index < -0.39 is 0 Å². The van der Waals surface area contributed by atoms with Gasteiger partial charge in [0.2, 0.25) is 0 Å². The highest BCUT2D eigenvalue weighted by Crippen LogP contribution is 2.38. The molecule has 0 fully saturated rings. The lowest BCUT2D eigenvalue weighted by molar-refractivity contribution is 0.419. The average Bonchev–Trinajstić information content (AvgIpc) is 3.05. The summed E-state index contributed by atoms with van der Waals surface area (Å²) in [6.07, 6.45) is 4.93. The number of pyridine rings is 1. The summed E-state index contributed by atoms with van der Waals surface area (Å²) >= 11 is 0. The van der Waals surface area contributed by atoms with Gasteiger partial charge in [0.25, 0.3) is 0 Å². The monoisotopic (exact) mass is 359 g/mol. The summed E-state index contributed by atoms with van der Waals surface area (Å²) in [7, 11) is 1.69. The molecule has 27 heavy (non-hydrogen) atoms. The number of nitrogens with zero attached hydrogens (tertiary/aromatic N) is 1. The molecule has 0 aliphatic carbocycles. The molecule has 0 unspecified atom stereocenters. The summed E-state index contributed by atoms with van der Waals surface area (Å²) in [6, 6.07) is 14.8. The molecule has 0 saturated heterocycles. The second-order valence-electron chi connectivity index (χ2n) is 6.99. The van der Waals surface area contributed by atoms with Crippen LogP contribution in [0.2, 0.25) is 0 Å². The fraction of sp³-hybridized carbons (Fsp3) is 0.261. The third-order valence-electron chi connectivity index (χ3n) is 5.16. The van der Waals surface area contributed by atoms with Crippen molar-refractivity contribution in [1.29, 1.82) is 0 Å². The van der Waals surface area contributed by atoms with Crippen LogP contribution in [0.5, 0.6) is 5.75 Å². The molecular formula is C23H25N3O. The number of hydrogen-bond donors (Lipinski definition) is 2. The molecule has 4 rings (SSSR count). The van der Waals surface area contributed by atoms with Crippen molar-refractivity contribution in [1.82, 2.24) is 9.97 Å². The van der Waals surface area contributed by atoms with Crippen LogP contribution in [0.15, 0.2) is 48.7 Å². The van der Waals surface area contributed by atoms with Crippen LogP contribution >= 0.6 is 0 Å². The largest absolute Gasteiger partial charge is 0.494 e. The Balaban J connectivity index is 1.96. The van der Waals surface area contributed by atoms with Crippen molar-refractivity contribution in [2.45, 2.75) is 26.2 Å². The first-order valence-corrected chi connectivity index (χ1v) is 9.46. The Kier molecular flexibility index (Phi) is 4.82. The molecule has 0 amide bonds.